The monoisotopic (exact) mass is 228 g/mol. The lowest BCUT2D eigenvalue weighted by Crippen LogP contribution is -2.33. The SMILES string of the molecule is CCCC(C)(O)CNc1ccc(Cl)cn1. The fraction of sp³-hybridized carbons (Fsp3) is 0.545. The molecule has 1 unspecified atom stereocenters. The standard InChI is InChI=1S/C11H17ClN2O/c1-3-6-11(2,15)8-14-10-5-4-9(12)7-13-10/h4-5,7,15H,3,6,8H2,1-2H3,(H,13,14). The third kappa shape index (κ3) is 4.49. The van der Waals surface area contributed by atoms with Gasteiger partial charge in [-0.2, -0.15) is 0 Å². The summed E-state index contributed by atoms with van der Waals surface area (Å²) in [5.74, 6) is 0.732. The molecule has 1 atom stereocenters. The van der Waals surface area contributed by atoms with Gasteiger partial charge in [0.25, 0.3) is 0 Å². The predicted molar refractivity (Wildman–Crippen MR) is 63.3 cm³/mol. The third-order valence-electron chi connectivity index (χ3n) is 2.17. The van der Waals surface area contributed by atoms with Gasteiger partial charge in [-0.25, -0.2) is 4.98 Å². The van der Waals surface area contributed by atoms with Gasteiger partial charge >= 0.3 is 0 Å². The van der Waals surface area contributed by atoms with E-state index in [0.717, 1.165) is 18.7 Å². The lowest BCUT2D eigenvalue weighted by atomic mass is 10.0. The maximum absolute atomic E-state index is 9.91. The van der Waals surface area contributed by atoms with Gasteiger partial charge in [0.15, 0.2) is 0 Å². The Morgan fingerprint density at radius 2 is 2.27 bits per heavy atom. The second kappa shape index (κ2) is 5.33. The number of aliphatic hydroxyl groups is 1. The van der Waals surface area contributed by atoms with Crippen LogP contribution >= 0.6 is 11.6 Å². The maximum Gasteiger partial charge on any atom is 0.126 e. The lowest BCUT2D eigenvalue weighted by molar-refractivity contribution is 0.0636. The van der Waals surface area contributed by atoms with E-state index in [0.29, 0.717) is 11.6 Å². The van der Waals surface area contributed by atoms with E-state index in [1.807, 2.05) is 6.92 Å². The minimum atomic E-state index is -0.684. The molecule has 0 saturated heterocycles. The Hall–Kier alpha value is -0.800. The molecule has 3 nitrogen and oxygen atoms in total. The van der Waals surface area contributed by atoms with Gasteiger partial charge in [0.05, 0.1) is 10.6 Å². The van der Waals surface area contributed by atoms with Crippen LogP contribution < -0.4 is 5.32 Å². The molecule has 0 aliphatic carbocycles. The number of nitrogens with one attached hydrogen (secondary N) is 1. The molecule has 0 saturated carbocycles. The molecule has 0 aliphatic rings. The van der Waals surface area contributed by atoms with E-state index < -0.39 is 5.60 Å². The zero-order chi connectivity index (χ0) is 11.3. The highest BCUT2D eigenvalue weighted by Gasteiger charge is 2.18. The molecule has 0 amide bonds. The van der Waals surface area contributed by atoms with Crippen molar-refractivity contribution in [3.05, 3.63) is 23.4 Å². The van der Waals surface area contributed by atoms with Crippen molar-refractivity contribution < 1.29 is 5.11 Å². The molecule has 15 heavy (non-hydrogen) atoms. The van der Waals surface area contributed by atoms with Crippen LogP contribution in [0.3, 0.4) is 0 Å². The largest absolute Gasteiger partial charge is 0.388 e. The first-order chi connectivity index (χ1) is 7.03. The summed E-state index contributed by atoms with van der Waals surface area (Å²) in [6.07, 6.45) is 3.31. The molecule has 0 aliphatic heterocycles. The summed E-state index contributed by atoms with van der Waals surface area (Å²) in [5, 5.41) is 13.6. The first-order valence-electron chi connectivity index (χ1n) is 5.11. The molecule has 1 aromatic rings. The highest BCUT2D eigenvalue weighted by molar-refractivity contribution is 6.30. The number of anilines is 1. The smallest absolute Gasteiger partial charge is 0.126 e. The normalized spacial score (nSPS) is 14.7. The van der Waals surface area contributed by atoms with E-state index in [1.165, 1.54) is 0 Å². The van der Waals surface area contributed by atoms with Crippen LogP contribution in [0.4, 0.5) is 5.82 Å². The Labute approximate surface area is 95.5 Å². The molecule has 0 bridgehead atoms. The molecule has 0 spiro atoms. The van der Waals surface area contributed by atoms with Crippen molar-refractivity contribution in [3.63, 3.8) is 0 Å². The molecule has 4 heteroatoms. The highest BCUT2D eigenvalue weighted by Crippen LogP contribution is 2.14. The Kier molecular flexibility index (Phi) is 4.36. The number of pyridine rings is 1. The number of aromatic nitrogens is 1. The zero-order valence-corrected chi connectivity index (χ0v) is 9.88. The Bertz CT molecular complexity index is 298. The number of hydrogen-bond acceptors (Lipinski definition) is 3. The average Bonchev–Trinajstić information content (AvgIpc) is 2.17. The third-order valence-corrected chi connectivity index (χ3v) is 2.39. The first kappa shape index (κ1) is 12.3. The highest BCUT2D eigenvalue weighted by atomic mass is 35.5. The zero-order valence-electron chi connectivity index (χ0n) is 9.13. The second-order valence-corrected chi connectivity index (χ2v) is 4.40. The molecular formula is C11H17ClN2O. The van der Waals surface area contributed by atoms with Crippen LogP contribution in [0, 0.1) is 0 Å². The van der Waals surface area contributed by atoms with Gasteiger partial charge in [-0.3, -0.25) is 0 Å². The van der Waals surface area contributed by atoms with Crippen LogP contribution in [-0.4, -0.2) is 22.2 Å². The maximum atomic E-state index is 9.91. The van der Waals surface area contributed by atoms with Crippen molar-refractivity contribution >= 4 is 17.4 Å². The molecule has 1 heterocycles. The van der Waals surface area contributed by atoms with E-state index in [1.54, 1.807) is 18.3 Å². The minimum absolute atomic E-state index is 0.496. The Morgan fingerprint density at radius 1 is 1.53 bits per heavy atom. The van der Waals surface area contributed by atoms with Gasteiger partial charge in [0, 0.05) is 12.7 Å². The predicted octanol–water partition coefficient (Wildman–Crippen LogP) is 2.70. The fourth-order valence-corrected chi connectivity index (χ4v) is 1.50. The molecule has 84 valence electrons. The molecule has 0 fully saturated rings. The first-order valence-corrected chi connectivity index (χ1v) is 5.49. The van der Waals surface area contributed by atoms with Gasteiger partial charge in [-0.05, 0) is 25.5 Å². The van der Waals surface area contributed by atoms with Crippen LogP contribution in [0.2, 0.25) is 5.02 Å². The van der Waals surface area contributed by atoms with Gasteiger partial charge in [-0.1, -0.05) is 24.9 Å². The van der Waals surface area contributed by atoms with Crippen molar-refractivity contribution in [1.29, 1.82) is 0 Å². The molecule has 0 aromatic carbocycles. The number of halogens is 1. The van der Waals surface area contributed by atoms with Crippen LogP contribution in [0.1, 0.15) is 26.7 Å². The molecular weight excluding hydrogens is 212 g/mol. The number of nitrogens with zero attached hydrogens (tertiary/aromatic N) is 1. The van der Waals surface area contributed by atoms with Crippen LogP contribution in [0.5, 0.6) is 0 Å². The number of rotatable bonds is 5. The molecule has 2 N–H and O–H groups in total. The van der Waals surface area contributed by atoms with Crippen molar-refractivity contribution in [2.24, 2.45) is 0 Å². The second-order valence-electron chi connectivity index (χ2n) is 3.96. The van der Waals surface area contributed by atoms with Crippen LogP contribution in [0.25, 0.3) is 0 Å². The summed E-state index contributed by atoms with van der Waals surface area (Å²) < 4.78 is 0. The van der Waals surface area contributed by atoms with E-state index in [2.05, 4.69) is 17.2 Å². The van der Waals surface area contributed by atoms with Crippen molar-refractivity contribution in [1.82, 2.24) is 4.98 Å². The van der Waals surface area contributed by atoms with E-state index in [9.17, 15) is 5.11 Å². The summed E-state index contributed by atoms with van der Waals surface area (Å²) in [5.41, 5.74) is -0.684. The summed E-state index contributed by atoms with van der Waals surface area (Å²) in [6.45, 7) is 4.36. The quantitative estimate of drug-likeness (QED) is 0.815. The Morgan fingerprint density at radius 3 is 2.80 bits per heavy atom. The van der Waals surface area contributed by atoms with Crippen molar-refractivity contribution in [3.8, 4) is 0 Å². The van der Waals surface area contributed by atoms with Crippen LogP contribution in [0.15, 0.2) is 18.3 Å². The van der Waals surface area contributed by atoms with Gasteiger partial charge in [0.2, 0.25) is 0 Å². The summed E-state index contributed by atoms with van der Waals surface area (Å²) >= 11 is 5.71. The number of hydrogen-bond donors (Lipinski definition) is 2. The van der Waals surface area contributed by atoms with E-state index in [4.69, 9.17) is 11.6 Å². The van der Waals surface area contributed by atoms with Gasteiger partial charge in [-0.15, -0.1) is 0 Å². The average molecular weight is 229 g/mol. The fourth-order valence-electron chi connectivity index (χ4n) is 1.39. The lowest BCUT2D eigenvalue weighted by Gasteiger charge is -2.23. The summed E-state index contributed by atoms with van der Waals surface area (Å²) in [4.78, 5) is 4.09. The summed E-state index contributed by atoms with van der Waals surface area (Å²) in [7, 11) is 0. The molecule has 1 rings (SSSR count). The molecule has 1 aromatic heterocycles. The van der Waals surface area contributed by atoms with Crippen LogP contribution in [-0.2, 0) is 0 Å². The van der Waals surface area contributed by atoms with Crippen molar-refractivity contribution in [2.75, 3.05) is 11.9 Å². The summed E-state index contributed by atoms with van der Waals surface area (Å²) in [6, 6.07) is 3.57. The van der Waals surface area contributed by atoms with Gasteiger partial charge in [0.1, 0.15) is 5.82 Å². The van der Waals surface area contributed by atoms with Crippen molar-refractivity contribution in [2.45, 2.75) is 32.3 Å². The minimum Gasteiger partial charge on any atom is -0.388 e. The Balaban J connectivity index is 2.46. The van der Waals surface area contributed by atoms with E-state index >= 15 is 0 Å². The van der Waals surface area contributed by atoms with E-state index in [-0.39, 0.29) is 0 Å². The topological polar surface area (TPSA) is 45.1 Å². The molecule has 0 radical (unpaired) electrons. The van der Waals surface area contributed by atoms with Gasteiger partial charge < -0.3 is 10.4 Å².